The van der Waals surface area contributed by atoms with Crippen LogP contribution in [0.1, 0.15) is 24.2 Å². The number of hydrogen-bond acceptors (Lipinski definition) is 6. The monoisotopic (exact) mass is 447 g/mol. The van der Waals surface area contributed by atoms with Crippen molar-refractivity contribution in [2.24, 2.45) is 0 Å². The van der Waals surface area contributed by atoms with E-state index in [0.717, 1.165) is 52.7 Å². The normalized spacial score (nSPS) is 11.2. The Morgan fingerprint density at radius 2 is 1.85 bits per heavy atom. The fourth-order valence-electron chi connectivity index (χ4n) is 3.89. The lowest BCUT2D eigenvalue weighted by Gasteiger charge is -2.11. The molecule has 0 unspecified atom stereocenters. The number of carbonyl (C=O) groups is 1. The zero-order chi connectivity index (χ0) is 23.0. The lowest BCUT2D eigenvalue weighted by molar-refractivity contribution is 0.139. The topological polar surface area (TPSA) is 104 Å². The number of para-hydroxylation sites is 1. The molecule has 0 bridgehead atoms. The number of nitrogens with one attached hydrogen (secondary N) is 1. The van der Waals surface area contributed by atoms with Gasteiger partial charge in [0.15, 0.2) is 5.82 Å². The Kier molecular flexibility index (Phi) is 7.36. The van der Waals surface area contributed by atoms with E-state index in [9.17, 15) is 4.79 Å². The molecule has 172 valence electrons. The Bertz CT molecular complexity index is 1220. The summed E-state index contributed by atoms with van der Waals surface area (Å²) in [6.07, 6.45) is 1.95. The predicted octanol–water partition coefficient (Wildman–Crippen LogP) is 4.06. The second-order valence-corrected chi connectivity index (χ2v) is 7.83. The highest BCUT2D eigenvalue weighted by molar-refractivity contribution is 6.06. The van der Waals surface area contributed by atoms with Gasteiger partial charge in [0, 0.05) is 32.0 Å². The molecule has 0 spiro atoms. The van der Waals surface area contributed by atoms with E-state index in [4.69, 9.17) is 20.2 Å². The van der Waals surface area contributed by atoms with Crippen molar-refractivity contribution in [3.8, 4) is 0 Å². The summed E-state index contributed by atoms with van der Waals surface area (Å²) in [6, 6.07) is 17.6. The molecular weight excluding hydrogens is 418 g/mol. The van der Waals surface area contributed by atoms with Gasteiger partial charge >= 0.3 is 6.09 Å². The third-order valence-electron chi connectivity index (χ3n) is 5.51. The Labute approximate surface area is 192 Å². The maximum Gasteiger partial charge on any atom is 0.407 e. The van der Waals surface area contributed by atoms with Crippen LogP contribution >= 0.6 is 0 Å². The Morgan fingerprint density at radius 3 is 2.67 bits per heavy atom. The molecule has 2 heterocycles. The number of nitrogens with two attached hydrogens (primary N) is 1. The van der Waals surface area contributed by atoms with Crippen molar-refractivity contribution in [1.29, 1.82) is 0 Å². The fourth-order valence-corrected chi connectivity index (χ4v) is 3.89. The number of imidazole rings is 1. The molecule has 8 nitrogen and oxygen atoms in total. The maximum absolute atomic E-state index is 12.0. The molecule has 2 aromatic heterocycles. The van der Waals surface area contributed by atoms with E-state index in [1.165, 1.54) is 0 Å². The van der Waals surface area contributed by atoms with Crippen LogP contribution in [-0.4, -0.2) is 40.9 Å². The fraction of sp³-hybridized carbons (Fsp3) is 0.320. The molecule has 0 aliphatic rings. The zero-order valence-electron chi connectivity index (χ0n) is 18.8. The molecular formula is C25H29N5O3. The molecule has 0 saturated carbocycles. The van der Waals surface area contributed by atoms with E-state index in [0.29, 0.717) is 25.4 Å². The zero-order valence-corrected chi connectivity index (χ0v) is 18.8. The molecule has 0 aliphatic heterocycles. The molecule has 0 atom stereocenters. The average molecular weight is 448 g/mol. The number of ether oxygens (including phenoxy) is 2. The molecule has 0 fully saturated rings. The summed E-state index contributed by atoms with van der Waals surface area (Å²) in [5.41, 5.74) is 9.77. The molecule has 4 rings (SSSR count). The van der Waals surface area contributed by atoms with E-state index < -0.39 is 6.09 Å². The minimum atomic E-state index is -0.405. The molecule has 3 N–H and O–H groups in total. The quantitative estimate of drug-likeness (QED) is 0.355. The highest BCUT2D eigenvalue weighted by Gasteiger charge is 2.17. The first-order valence-electron chi connectivity index (χ1n) is 11.1. The van der Waals surface area contributed by atoms with Gasteiger partial charge in [-0.3, -0.25) is 0 Å². The van der Waals surface area contributed by atoms with Crippen LogP contribution in [0.3, 0.4) is 0 Å². The van der Waals surface area contributed by atoms with Crippen LogP contribution in [0.2, 0.25) is 0 Å². The largest absolute Gasteiger partial charge is 0.445 e. The van der Waals surface area contributed by atoms with Gasteiger partial charge in [-0.15, -0.1) is 0 Å². The molecule has 4 aromatic rings. The summed E-state index contributed by atoms with van der Waals surface area (Å²) in [5, 5.41) is 3.85. The number of anilines is 1. The summed E-state index contributed by atoms with van der Waals surface area (Å²) >= 11 is 0. The van der Waals surface area contributed by atoms with Crippen LogP contribution in [0.4, 0.5) is 10.6 Å². The Hall–Kier alpha value is -3.65. The number of alkyl carbamates (subject to hydrolysis) is 1. The number of nitrogen functional groups attached to an aromatic ring is 1. The number of aryl methyl sites for hydroxylation is 1. The highest BCUT2D eigenvalue weighted by atomic mass is 16.5. The van der Waals surface area contributed by atoms with Gasteiger partial charge in [0.05, 0.1) is 17.6 Å². The minimum absolute atomic E-state index is 0.263. The van der Waals surface area contributed by atoms with E-state index in [-0.39, 0.29) is 6.61 Å². The highest BCUT2D eigenvalue weighted by Crippen LogP contribution is 2.29. The number of methoxy groups -OCH3 is 1. The first-order valence-corrected chi connectivity index (χ1v) is 11.1. The van der Waals surface area contributed by atoms with Gasteiger partial charge in [0.1, 0.15) is 17.9 Å². The number of carbonyl (C=O) groups excluding carboxylic acids is 1. The number of amides is 1. The summed E-state index contributed by atoms with van der Waals surface area (Å²) in [7, 11) is 1.68. The van der Waals surface area contributed by atoms with E-state index in [2.05, 4.69) is 14.9 Å². The predicted molar refractivity (Wildman–Crippen MR) is 129 cm³/mol. The van der Waals surface area contributed by atoms with Gasteiger partial charge < -0.3 is 25.1 Å². The van der Waals surface area contributed by atoms with Gasteiger partial charge in [0.25, 0.3) is 0 Å². The number of benzene rings is 2. The van der Waals surface area contributed by atoms with Gasteiger partial charge in [-0.05, 0) is 24.5 Å². The molecule has 0 radical (unpaired) electrons. The lowest BCUT2D eigenvalue weighted by atomic mass is 10.2. The second-order valence-electron chi connectivity index (χ2n) is 7.83. The average Bonchev–Trinajstić information content (AvgIpc) is 3.21. The third kappa shape index (κ3) is 5.40. The number of hydrogen-bond donors (Lipinski definition) is 2. The number of aromatic nitrogens is 3. The van der Waals surface area contributed by atoms with Crippen LogP contribution in [0.5, 0.6) is 0 Å². The smallest absolute Gasteiger partial charge is 0.407 e. The number of fused-ring (bicyclic) bond motifs is 3. The van der Waals surface area contributed by atoms with Crippen LogP contribution in [-0.2, 0) is 29.0 Å². The van der Waals surface area contributed by atoms with Crippen LogP contribution in [0.25, 0.3) is 21.9 Å². The first-order chi connectivity index (χ1) is 16.2. The molecule has 2 aromatic carbocycles. The van der Waals surface area contributed by atoms with Crippen molar-refractivity contribution >= 4 is 33.8 Å². The van der Waals surface area contributed by atoms with Gasteiger partial charge in [-0.2, -0.15) is 0 Å². The van der Waals surface area contributed by atoms with E-state index in [1.54, 1.807) is 7.11 Å². The summed E-state index contributed by atoms with van der Waals surface area (Å²) in [4.78, 5) is 21.3. The van der Waals surface area contributed by atoms with E-state index in [1.807, 2.05) is 54.6 Å². The van der Waals surface area contributed by atoms with Crippen molar-refractivity contribution in [3.63, 3.8) is 0 Å². The molecule has 0 aliphatic carbocycles. The molecule has 8 heteroatoms. The van der Waals surface area contributed by atoms with Crippen molar-refractivity contribution in [2.75, 3.05) is 26.0 Å². The minimum Gasteiger partial charge on any atom is -0.445 e. The summed E-state index contributed by atoms with van der Waals surface area (Å²) in [6.45, 7) is 2.13. The Morgan fingerprint density at radius 1 is 1.06 bits per heavy atom. The number of unbranched alkanes of at least 4 members (excludes halogenated alkanes) is 1. The van der Waals surface area contributed by atoms with Gasteiger partial charge in [-0.25, -0.2) is 14.8 Å². The van der Waals surface area contributed by atoms with Gasteiger partial charge in [-0.1, -0.05) is 48.5 Å². The third-order valence-corrected chi connectivity index (χ3v) is 5.51. The number of nitrogens with zero attached hydrogens (tertiary/aromatic N) is 3. The number of rotatable bonds is 10. The SMILES string of the molecule is COCCc1nc2c(N)nc3ccccc3c2n1CCCCNC(=O)OCc1ccccc1. The standard InChI is InChI=1S/C25H29N5O3/c1-32-16-13-21-29-22-23(19-11-5-6-12-20(19)28-24(22)26)30(21)15-8-7-14-27-25(31)33-17-18-9-3-2-4-10-18/h2-6,9-12H,7-8,13-17H2,1H3,(H2,26,28)(H,27,31). The lowest BCUT2D eigenvalue weighted by Crippen LogP contribution is -2.25. The molecule has 1 amide bonds. The van der Waals surface area contributed by atoms with Crippen molar-refractivity contribution in [3.05, 3.63) is 66.0 Å². The van der Waals surface area contributed by atoms with Crippen molar-refractivity contribution in [1.82, 2.24) is 19.9 Å². The van der Waals surface area contributed by atoms with Crippen LogP contribution in [0, 0.1) is 0 Å². The summed E-state index contributed by atoms with van der Waals surface area (Å²) < 4.78 is 12.8. The summed E-state index contributed by atoms with van der Waals surface area (Å²) in [5.74, 6) is 1.36. The van der Waals surface area contributed by atoms with Crippen molar-refractivity contribution < 1.29 is 14.3 Å². The molecule has 0 saturated heterocycles. The molecule has 33 heavy (non-hydrogen) atoms. The van der Waals surface area contributed by atoms with Crippen LogP contribution in [0.15, 0.2) is 54.6 Å². The van der Waals surface area contributed by atoms with Gasteiger partial charge in [0.2, 0.25) is 0 Å². The second kappa shape index (κ2) is 10.8. The number of pyridine rings is 1. The first kappa shape index (κ1) is 22.5. The van der Waals surface area contributed by atoms with Crippen LogP contribution < -0.4 is 11.1 Å². The van der Waals surface area contributed by atoms with Crippen molar-refractivity contribution in [2.45, 2.75) is 32.4 Å². The maximum atomic E-state index is 12.0. The van der Waals surface area contributed by atoms with E-state index >= 15 is 0 Å². The Balaban J connectivity index is 1.39.